The lowest BCUT2D eigenvalue weighted by Gasteiger charge is -2.14. The second kappa shape index (κ2) is 11.7. The van der Waals surface area contributed by atoms with Crippen LogP contribution in [0.2, 0.25) is 5.02 Å². The van der Waals surface area contributed by atoms with Gasteiger partial charge in [0.25, 0.3) is 10.0 Å². The normalized spacial score (nSPS) is 11.2. The highest BCUT2D eigenvalue weighted by atomic mass is 35.5. The van der Waals surface area contributed by atoms with Gasteiger partial charge in [0.05, 0.1) is 17.8 Å². The van der Waals surface area contributed by atoms with E-state index in [0.29, 0.717) is 17.0 Å². The van der Waals surface area contributed by atoms with Crippen molar-refractivity contribution >= 4 is 44.9 Å². The summed E-state index contributed by atoms with van der Waals surface area (Å²) in [5.41, 5.74) is 10.1. The molecule has 6 nitrogen and oxygen atoms in total. The zero-order chi connectivity index (χ0) is 26.4. The number of hydrogen-bond acceptors (Lipinski definition) is 5. The number of thioether (sulfide) groups is 1. The van der Waals surface area contributed by atoms with Crippen LogP contribution >= 0.6 is 23.4 Å². The molecular weight excluding hydrogens is 526 g/mol. The van der Waals surface area contributed by atoms with E-state index in [-0.39, 0.29) is 15.8 Å². The molecular formula is C28H26ClN3O3S2. The van der Waals surface area contributed by atoms with Crippen LogP contribution in [0, 0.1) is 5.41 Å². The first-order valence-electron chi connectivity index (χ1n) is 11.4. The number of methoxy groups -OCH3 is 1. The molecule has 0 bridgehead atoms. The van der Waals surface area contributed by atoms with Gasteiger partial charge in [0, 0.05) is 22.3 Å². The summed E-state index contributed by atoms with van der Waals surface area (Å²) in [4.78, 5) is 0.770. The molecule has 0 aliphatic heterocycles. The Labute approximate surface area is 226 Å². The van der Waals surface area contributed by atoms with Crippen LogP contribution in [0.4, 0.5) is 5.69 Å². The number of aryl methyl sites for hydroxylation is 1. The Morgan fingerprint density at radius 2 is 1.70 bits per heavy atom. The lowest BCUT2D eigenvalue weighted by atomic mass is 9.97. The topological polar surface area (TPSA) is 105 Å². The van der Waals surface area contributed by atoms with Crippen LogP contribution in [0.3, 0.4) is 0 Å². The molecule has 37 heavy (non-hydrogen) atoms. The van der Waals surface area contributed by atoms with Gasteiger partial charge in [0.2, 0.25) is 0 Å². The number of nitrogens with two attached hydrogens (primary N) is 1. The van der Waals surface area contributed by atoms with Gasteiger partial charge < -0.3 is 10.5 Å². The predicted molar refractivity (Wildman–Crippen MR) is 153 cm³/mol. The summed E-state index contributed by atoms with van der Waals surface area (Å²) in [5.74, 6) is 1.18. The quantitative estimate of drug-likeness (QED) is 0.119. The molecule has 4 aromatic carbocycles. The van der Waals surface area contributed by atoms with Gasteiger partial charge in [-0.3, -0.25) is 10.1 Å². The zero-order valence-corrected chi connectivity index (χ0v) is 22.5. The number of halogens is 1. The van der Waals surface area contributed by atoms with Crippen molar-refractivity contribution in [3.63, 3.8) is 0 Å². The predicted octanol–water partition coefficient (Wildman–Crippen LogP) is 6.44. The van der Waals surface area contributed by atoms with Crippen LogP contribution in [0.25, 0.3) is 11.1 Å². The van der Waals surface area contributed by atoms with Crippen LogP contribution in [-0.2, 0) is 16.4 Å². The summed E-state index contributed by atoms with van der Waals surface area (Å²) in [5, 5.41) is 7.71. The molecule has 0 radical (unpaired) electrons. The molecule has 0 aromatic heterocycles. The third kappa shape index (κ3) is 6.46. The number of hydrogen-bond donors (Lipinski definition) is 3. The number of sulfonamides is 1. The summed E-state index contributed by atoms with van der Waals surface area (Å²) >= 11 is 7.76. The number of anilines is 1. The maximum Gasteiger partial charge on any atom is 0.263 e. The SMILES string of the molecule is COc1ccc(Cl)c(S(=O)(=O)Nc2ccccc2SCCc2ccccc2-c2ccc(C(=N)N)cc2)c1. The Balaban J connectivity index is 1.50. The van der Waals surface area contributed by atoms with Crippen LogP contribution < -0.4 is 15.2 Å². The molecule has 190 valence electrons. The minimum atomic E-state index is -3.93. The van der Waals surface area contributed by atoms with Crippen molar-refractivity contribution in [2.45, 2.75) is 16.2 Å². The fourth-order valence-corrected chi connectivity index (χ4v) is 6.47. The van der Waals surface area contributed by atoms with Gasteiger partial charge in [0.1, 0.15) is 16.5 Å². The fourth-order valence-electron chi connectivity index (χ4n) is 3.81. The number of rotatable bonds is 10. The molecule has 0 aliphatic carbocycles. The van der Waals surface area contributed by atoms with Gasteiger partial charge in [0.15, 0.2) is 0 Å². The minimum Gasteiger partial charge on any atom is -0.497 e. The lowest BCUT2D eigenvalue weighted by Crippen LogP contribution is -2.14. The first-order valence-corrected chi connectivity index (χ1v) is 14.2. The molecule has 0 saturated heterocycles. The Bertz CT molecular complexity index is 1520. The molecule has 0 spiro atoms. The fraction of sp³-hybridized carbons (Fsp3) is 0.107. The van der Waals surface area contributed by atoms with Crippen molar-refractivity contribution in [3.8, 4) is 16.9 Å². The van der Waals surface area contributed by atoms with Crippen LogP contribution in [0.1, 0.15) is 11.1 Å². The monoisotopic (exact) mass is 551 g/mol. The van der Waals surface area contributed by atoms with Gasteiger partial charge in [-0.25, -0.2) is 8.42 Å². The standard InChI is InChI=1S/C28H26ClN3O3S2/c1-35-22-14-15-24(29)27(18-22)37(33,34)32-25-8-4-5-9-26(25)36-17-16-19-6-2-3-7-23(19)20-10-12-21(13-11-20)28(30)31/h2-15,18,32H,16-17H2,1H3,(H3,30,31). The highest BCUT2D eigenvalue weighted by Gasteiger charge is 2.20. The molecule has 4 rings (SSSR count). The third-order valence-electron chi connectivity index (χ3n) is 5.71. The van der Waals surface area contributed by atoms with E-state index in [9.17, 15) is 8.42 Å². The highest BCUT2D eigenvalue weighted by molar-refractivity contribution is 7.99. The van der Waals surface area contributed by atoms with Gasteiger partial charge in [-0.2, -0.15) is 0 Å². The third-order valence-corrected chi connectivity index (χ3v) is 8.63. The molecule has 9 heteroatoms. The van der Waals surface area contributed by atoms with Gasteiger partial charge in [-0.05, 0) is 47.4 Å². The smallest absolute Gasteiger partial charge is 0.263 e. The molecule has 0 aliphatic rings. The van der Waals surface area contributed by atoms with Gasteiger partial charge in [-0.15, -0.1) is 11.8 Å². The van der Waals surface area contributed by atoms with Crippen molar-refractivity contribution in [2.75, 3.05) is 17.6 Å². The second-order valence-electron chi connectivity index (χ2n) is 8.14. The summed E-state index contributed by atoms with van der Waals surface area (Å²) in [6, 6.07) is 27.6. The van der Waals surface area contributed by atoms with E-state index in [2.05, 4.69) is 16.9 Å². The molecule has 0 fully saturated rings. The van der Waals surface area contributed by atoms with E-state index in [1.54, 1.807) is 30.0 Å². The number of ether oxygens (including phenoxy) is 1. The largest absolute Gasteiger partial charge is 0.497 e. The Morgan fingerprint density at radius 3 is 2.43 bits per heavy atom. The number of nitrogens with one attached hydrogen (secondary N) is 2. The van der Waals surface area contributed by atoms with Crippen LogP contribution in [0.5, 0.6) is 5.75 Å². The van der Waals surface area contributed by atoms with Crippen molar-refractivity contribution in [3.05, 3.63) is 107 Å². The van der Waals surface area contributed by atoms with Crippen LogP contribution in [0.15, 0.2) is 101 Å². The Morgan fingerprint density at radius 1 is 1.00 bits per heavy atom. The van der Waals surface area contributed by atoms with Crippen molar-refractivity contribution in [1.29, 1.82) is 5.41 Å². The number of benzene rings is 4. The maximum absolute atomic E-state index is 13.1. The molecule has 4 aromatic rings. The average molecular weight is 552 g/mol. The summed E-state index contributed by atoms with van der Waals surface area (Å²) in [6.45, 7) is 0. The number of nitrogen functional groups attached to an aromatic ring is 1. The van der Waals surface area contributed by atoms with Gasteiger partial charge in [-0.1, -0.05) is 72.3 Å². The number of amidine groups is 1. The summed E-state index contributed by atoms with van der Waals surface area (Å²) in [7, 11) is -2.46. The highest BCUT2D eigenvalue weighted by Crippen LogP contribution is 2.33. The zero-order valence-electron chi connectivity index (χ0n) is 20.1. The molecule has 0 unspecified atom stereocenters. The van der Waals surface area contributed by atoms with E-state index in [0.717, 1.165) is 28.2 Å². The van der Waals surface area contributed by atoms with Crippen molar-refractivity contribution in [2.24, 2.45) is 5.73 Å². The molecule has 0 heterocycles. The molecule has 4 N–H and O–H groups in total. The molecule has 0 amide bonds. The van der Waals surface area contributed by atoms with Gasteiger partial charge >= 0.3 is 0 Å². The van der Waals surface area contributed by atoms with Crippen molar-refractivity contribution in [1.82, 2.24) is 0 Å². The molecule has 0 saturated carbocycles. The van der Waals surface area contributed by atoms with Crippen molar-refractivity contribution < 1.29 is 13.2 Å². The van der Waals surface area contributed by atoms with E-state index < -0.39 is 10.0 Å². The van der Waals surface area contributed by atoms with E-state index >= 15 is 0 Å². The summed E-state index contributed by atoms with van der Waals surface area (Å²) in [6.07, 6.45) is 0.776. The minimum absolute atomic E-state index is 0.0409. The maximum atomic E-state index is 13.1. The number of para-hydroxylation sites is 1. The average Bonchev–Trinajstić information content (AvgIpc) is 2.90. The first-order chi connectivity index (χ1) is 17.8. The Kier molecular flexibility index (Phi) is 8.43. The van der Waals surface area contributed by atoms with E-state index in [4.69, 9.17) is 27.5 Å². The lowest BCUT2D eigenvalue weighted by molar-refractivity contribution is 0.413. The Hall–Kier alpha value is -3.46. The molecule has 0 atom stereocenters. The van der Waals surface area contributed by atoms with E-state index in [1.807, 2.05) is 48.5 Å². The first kappa shape index (κ1) is 26.6. The van der Waals surface area contributed by atoms with E-state index in [1.165, 1.54) is 24.8 Å². The van der Waals surface area contributed by atoms with Crippen LogP contribution in [-0.4, -0.2) is 27.1 Å². The summed E-state index contributed by atoms with van der Waals surface area (Å²) < 4.78 is 34.1. The second-order valence-corrected chi connectivity index (χ2v) is 11.3.